The Morgan fingerprint density at radius 3 is 2.63 bits per heavy atom. The first-order valence-electron chi connectivity index (χ1n) is 7.23. The molecule has 0 radical (unpaired) electrons. The number of aromatic nitrogens is 1. The lowest BCUT2D eigenvalue weighted by atomic mass is 9.70. The topological polar surface area (TPSA) is 48.1 Å². The van der Waals surface area contributed by atoms with Gasteiger partial charge in [0.2, 0.25) is 5.88 Å². The van der Waals surface area contributed by atoms with E-state index in [2.05, 4.69) is 25.8 Å². The fraction of sp³-hybridized carbons (Fsp3) is 0.688. The molecule has 2 fully saturated rings. The molecule has 0 amide bonds. The molecule has 3 rings (SSSR count). The van der Waals surface area contributed by atoms with E-state index in [0.717, 1.165) is 17.9 Å². The van der Waals surface area contributed by atoms with Crippen LogP contribution in [-0.4, -0.2) is 11.1 Å². The standard InChI is InChI=1S/C16H24N2O/c1-10-7-12(17)14(18-9-10)19-13-8-11-5-6-16(13,4)15(11,2)3/h7,9,11,13H,5-6,8,17H2,1-4H3. The SMILES string of the molecule is Cc1cnc(OC2CC3CCC2(C)C3(C)C)c(N)c1. The summed E-state index contributed by atoms with van der Waals surface area (Å²) in [4.78, 5) is 4.36. The van der Waals surface area contributed by atoms with E-state index in [0.29, 0.717) is 17.0 Å². The molecule has 1 aromatic heterocycles. The van der Waals surface area contributed by atoms with Gasteiger partial charge in [0, 0.05) is 11.6 Å². The van der Waals surface area contributed by atoms with Gasteiger partial charge < -0.3 is 10.5 Å². The number of ether oxygens (including phenoxy) is 1. The van der Waals surface area contributed by atoms with Crippen LogP contribution >= 0.6 is 0 Å². The molecule has 3 heteroatoms. The highest BCUT2D eigenvalue weighted by molar-refractivity contribution is 5.49. The van der Waals surface area contributed by atoms with Gasteiger partial charge in [-0.3, -0.25) is 0 Å². The smallest absolute Gasteiger partial charge is 0.237 e. The summed E-state index contributed by atoms with van der Waals surface area (Å²) < 4.78 is 6.20. The van der Waals surface area contributed by atoms with E-state index < -0.39 is 0 Å². The summed E-state index contributed by atoms with van der Waals surface area (Å²) in [6.07, 6.45) is 5.80. The highest BCUT2D eigenvalue weighted by Crippen LogP contribution is 2.66. The summed E-state index contributed by atoms with van der Waals surface area (Å²) in [5.74, 6) is 1.38. The van der Waals surface area contributed by atoms with Gasteiger partial charge in [-0.25, -0.2) is 4.98 Å². The Bertz CT molecular complexity index is 511. The largest absolute Gasteiger partial charge is 0.472 e. The minimum atomic E-state index is 0.247. The molecule has 0 aliphatic heterocycles. The van der Waals surface area contributed by atoms with Crippen LogP contribution in [-0.2, 0) is 0 Å². The molecule has 2 aliphatic rings. The van der Waals surface area contributed by atoms with Crippen molar-refractivity contribution in [2.24, 2.45) is 16.7 Å². The number of hydrogen-bond acceptors (Lipinski definition) is 3. The number of fused-ring (bicyclic) bond motifs is 2. The minimum absolute atomic E-state index is 0.247. The zero-order chi connectivity index (χ0) is 13.8. The molecule has 0 saturated heterocycles. The second-order valence-electron chi connectivity index (χ2n) is 7.12. The van der Waals surface area contributed by atoms with Gasteiger partial charge >= 0.3 is 0 Å². The number of anilines is 1. The number of rotatable bonds is 2. The van der Waals surface area contributed by atoms with E-state index in [9.17, 15) is 0 Å². The monoisotopic (exact) mass is 260 g/mol. The van der Waals surface area contributed by atoms with Gasteiger partial charge in [-0.05, 0) is 49.1 Å². The van der Waals surface area contributed by atoms with Crippen LogP contribution in [0.3, 0.4) is 0 Å². The fourth-order valence-electron chi connectivity index (χ4n) is 4.12. The van der Waals surface area contributed by atoms with E-state index in [4.69, 9.17) is 10.5 Å². The van der Waals surface area contributed by atoms with Crippen molar-refractivity contribution in [3.63, 3.8) is 0 Å². The van der Waals surface area contributed by atoms with Crippen molar-refractivity contribution in [3.05, 3.63) is 17.8 Å². The van der Waals surface area contributed by atoms with Crippen LogP contribution in [0.5, 0.6) is 5.88 Å². The molecule has 3 nitrogen and oxygen atoms in total. The first-order chi connectivity index (χ1) is 8.84. The van der Waals surface area contributed by atoms with Gasteiger partial charge in [0.25, 0.3) is 0 Å². The van der Waals surface area contributed by atoms with E-state index >= 15 is 0 Å². The van der Waals surface area contributed by atoms with Gasteiger partial charge in [-0.1, -0.05) is 20.8 Å². The molecule has 3 unspecified atom stereocenters. The Hall–Kier alpha value is -1.25. The second-order valence-corrected chi connectivity index (χ2v) is 7.12. The molecule has 2 bridgehead atoms. The Morgan fingerprint density at radius 2 is 2.11 bits per heavy atom. The summed E-state index contributed by atoms with van der Waals surface area (Å²) in [6, 6.07) is 1.93. The lowest BCUT2D eigenvalue weighted by Gasteiger charge is -2.38. The third-order valence-electron chi connectivity index (χ3n) is 5.98. The van der Waals surface area contributed by atoms with E-state index in [1.165, 1.54) is 12.8 Å². The third kappa shape index (κ3) is 1.67. The van der Waals surface area contributed by atoms with E-state index in [1.54, 1.807) is 0 Å². The van der Waals surface area contributed by atoms with E-state index in [1.807, 2.05) is 19.2 Å². The van der Waals surface area contributed by atoms with Gasteiger partial charge in [-0.2, -0.15) is 0 Å². The molecule has 2 saturated carbocycles. The highest BCUT2D eigenvalue weighted by atomic mass is 16.5. The number of aryl methyl sites for hydroxylation is 1. The zero-order valence-electron chi connectivity index (χ0n) is 12.4. The Morgan fingerprint density at radius 1 is 1.37 bits per heavy atom. The predicted octanol–water partition coefficient (Wildman–Crippen LogP) is 3.57. The molecule has 2 aliphatic carbocycles. The molecule has 0 spiro atoms. The van der Waals surface area contributed by atoms with Crippen molar-refractivity contribution in [1.82, 2.24) is 4.98 Å². The molecule has 3 atom stereocenters. The maximum atomic E-state index is 6.20. The van der Waals surface area contributed by atoms with Crippen LogP contribution in [0.15, 0.2) is 12.3 Å². The van der Waals surface area contributed by atoms with Crippen molar-refractivity contribution in [2.75, 3.05) is 5.73 Å². The zero-order valence-corrected chi connectivity index (χ0v) is 12.4. The summed E-state index contributed by atoms with van der Waals surface area (Å²) in [5.41, 5.74) is 8.36. The maximum Gasteiger partial charge on any atom is 0.237 e. The van der Waals surface area contributed by atoms with Crippen molar-refractivity contribution in [1.29, 1.82) is 0 Å². The van der Waals surface area contributed by atoms with Crippen LogP contribution in [0, 0.1) is 23.7 Å². The molecule has 1 heterocycles. The molecule has 19 heavy (non-hydrogen) atoms. The molecular formula is C16H24N2O. The number of nitrogens with zero attached hydrogens (tertiary/aromatic N) is 1. The van der Waals surface area contributed by atoms with E-state index in [-0.39, 0.29) is 11.5 Å². The summed E-state index contributed by atoms with van der Waals surface area (Å²) >= 11 is 0. The van der Waals surface area contributed by atoms with Crippen molar-refractivity contribution in [3.8, 4) is 5.88 Å². The maximum absolute atomic E-state index is 6.20. The summed E-state index contributed by atoms with van der Waals surface area (Å²) in [7, 11) is 0. The Labute approximate surface area is 115 Å². The van der Waals surface area contributed by atoms with Crippen molar-refractivity contribution in [2.45, 2.75) is 53.1 Å². The lowest BCUT2D eigenvalue weighted by Crippen LogP contribution is -2.39. The number of pyridine rings is 1. The molecule has 1 aromatic rings. The summed E-state index contributed by atoms with van der Waals surface area (Å²) in [6.45, 7) is 9.14. The quantitative estimate of drug-likeness (QED) is 0.884. The van der Waals surface area contributed by atoms with Gasteiger partial charge in [0.15, 0.2) is 0 Å². The number of nitrogens with two attached hydrogens (primary N) is 1. The normalized spacial score (nSPS) is 35.6. The van der Waals surface area contributed by atoms with Gasteiger partial charge in [0.1, 0.15) is 6.10 Å². The Balaban J connectivity index is 1.86. The fourth-order valence-corrected chi connectivity index (χ4v) is 4.12. The van der Waals surface area contributed by atoms with Crippen LogP contribution < -0.4 is 10.5 Å². The van der Waals surface area contributed by atoms with Crippen LogP contribution in [0.4, 0.5) is 5.69 Å². The third-order valence-corrected chi connectivity index (χ3v) is 5.98. The molecule has 2 N–H and O–H groups in total. The average Bonchev–Trinajstić information content (AvgIpc) is 2.65. The minimum Gasteiger partial charge on any atom is -0.472 e. The number of hydrogen-bond donors (Lipinski definition) is 1. The number of nitrogen functional groups attached to an aromatic ring is 1. The van der Waals surface area contributed by atoms with Crippen LogP contribution in [0.2, 0.25) is 0 Å². The van der Waals surface area contributed by atoms with Crippen LogP contribution in [0.25, 0.3) is 0 Å². The molecule has 104 valence electrons. The average molecular weight is 260 g/mol. The Kier molecular flexibility index (Phi) is 2.60. The second kappa shape index (κ2) is 3.87. The molecular weight excluding hydrogens is 236 g/mol. The highest BCUT2D eigenvalue weighted by Gasteiger charge is 2.62. The first-order valence-corrected chi connectivity index (χ1v) is 7.23. The lowest BCUT2D eigenvalue weighted by molar-refractivity contribution is 0.0278. The first kappa shape index (κ1) is 12.8. The molecule has 0 aromatic carbocycles. The predicted molar refractivity (Wildman–Crippen MR) is 77.0 cm³/mol. The van der Waals surface area contributed by atoms with Gasteiger partial charge in [0.05, 0.1) is 5.69 Å². The van der Waals surface area contributed by atoms with Crippen molar-refractivity contribution >= 4 is 5.69 Å². The van der Waals surface area contributed by atoms with Gasteiger partial charge in [-0.15, -0.1) is 0 Å². The summed E-state index contributed by atoms with van der Waals surface area (Å²) in [5, 5.41) is 0. The van der Waals surface area contributed by atoms with Crippen molar-refractivity contribution < 1.29 is 4.74 Å². The van der Waals surface area contributed by atoms with Crippen LogP contribution in [0.1, 0.15) is 45.6 Å².